The van der Waals surface area contributed by atoms with Crippen LogP contribution < -0.4 is 0 Å². The quantitative estimate of drug-likeness (QED) is 0.777. The van der Waals surface area contributed by atoms with Crippen molar-refractivity contribution in [3.63, 3.8) is 0 Å². The molecule has 0 atom stereocenters. The van der Waals surface area contributed by atoms with Crippen molar-refractivity contribution in [2.75, 3.05) is 5.75 Å². The molecule has 3 heteroatoms. The molecule has 0 spiro atoms. The topological polar surface area (TPSA) is 17.8 Å². The second kappa shape index (κ2) is 6.00. The number of imidazole rings is 1. The van der Waals surface area contributed by atoms with E-state index < -0.39 is 0 Å². The maximum atomic E-state index is 4.76. The van der Waals surface area contributed by atoms with Crippen molar-refractivity contribution in [1.82, 2.24) is 9.55 Å². The van der Waals surface area contributed by atoms with E-state index in [9.17, 15) is 0 Å². The van der Waals surface area contributed by atoms with Crippen molar-refractivity contribution in [3.8, 4) is 0 Å². The Bertz CT molecular complexity index is 532. The first-order valence-corrected chi connectivity index (χ1v) is 7.88. The zero-order chi connectivity index (χ0) is 13.9. The van der Waals surface area contributed by atoms with Gasteiger partial charge in [0.25, 0.3) is 0 Å². The number of nitrogens with zero attached hydrogens (tertiary/aromatic N) is 2. The molecule has 0 fully saturated rings. The average Bonchev–Trinajstić information content (AvgIpc) is 2.82. The summed E-state index contributed by atoms with van der Waals surface area (Å²) in [7, 11) is 0. The number of thiol groups is 1. The van der Waals surface area contributed by atoms with Crippen LogP contribution in [0.3, 0.4) is 0 Å². The Labute approximate surface area is 121 Å². The Kier molecular flexibility index (Phi) is 4.56. The number of hydrogen-bond donors (Lipinski definition) is 1. The van der Waals surface area contributed by atoms with Crippen LogP contribution in [-0.4, -0.2) is 15.3 Å². The third kappa shape index (κ3) is 2.66. The van der Waals surface area contributed by atoms with Crippen molar-refractivity contribution in [3.05, 3.63) is 30.1 Å². The summed E-state index contributed by atoms with van der Waals surface area (Å²) in [6.07, 6.45) is 3.29. The van der Waals surface area contributed by atoms with E-state index in [0.29, 0.717) is 0 Å². The van der Waals surface area contributed by atoms with Gasteiger partial charge in [0.15, 0.2) is 0 Å². The van der Waals surface area contributed by atoms with Gasteiger partial charge in [0, 0.05) is 13.0 Å². The Morgan fingerprint density at radius 2 is 1.84 bits per heavy atom. The maximum absolute atomic E-state index is 4.76. The molecule has 19 heavy (non-hydrogen) atoms. The van der Waals surface area contributed by atoms with Crippen LogP contribution in [0.4, 0.5) is 0 Å². The standard InChI is InChI=1S/C16H24N2S/c1-4-15-17-13-9-7-8-10-14(13)18(15)11-16(5-2,6-3)12-19/h7-10,19H,4-6,11-12H2,1-3H3. The number of aryl methyl sites for hydroxylation is 1. The molecule has 1 aromatic carbocycles. The van der Waals surface area contributed by atoms with Crippen molar-refractivity contribution in [2.45, 2.75) is 46.6 Å². The molecule has 2 rings (SSSR count). The Morgan fingerprint density at radius 3 is 2.42 bits per heavy atom. The number of aromatic nitrogens is 2. The van der Waals surface area contributed by atoms with Gasteiger partial charge in [-0.1, -0.05) is 32.9 Å². The van der Waals surface area contributed by atoms with E-state index in [4.69, 9.17) is 4.98 Å². The lowest BCUT2D eigenvalue weighted by Crippen LogP contribution is -2.28. The second-order valence-electron chi connectivity index (χ2n) is 5.32. The van der Waals surface area contributed by atoms with E-state index in [1.165, 1.54) is 11.3 Å². The van der Waals surface area contributed by atoms with E-state index in [0.717, 1.165) is 37.1 Å². The summed E-state index contributed by atoms with van der Waals surface area (Å²) in [5.41, 5.74) is 2.64. The van der Waals surface area contributed by atoms with Gasteiger partial charge in [-0.15, -0.1) is 0 Å². The molecule has 2 aromatic rings. The number of para-hydroxylation sites is 2. The molecule has 0 saturated heterocycles. The predicted octanol–water partition coefficient (Wildman–Crippen LogP) is 4.33. The Balaban J connectivity index is 2.48. The van der Waals surface area contributed by atoms with Crippen molar-refractivity contribution in [2.24, 2.45) is 5.41 Å². The van der Waals surface area contributed by atoms with E-state index in [1.807, 2.05) is 0 Å². The molecule has 0 unspecified atom stereocenters. The molecular weight excluding hydrogens is 252 g/mol. The average molecular weight is 276 g/mol. The Morgan fingerprint density at radius 1 is 1.16 bits per heavy atom. The number of rotatable bonds is 6. The molecule has 0 saturated carbocycles. The summed E-state index contributed by atoms with van der Waals surface area (Å²) in [6, 6.07) is 8.44. The largest absolute Gasteiger partial charge is 0.327 e. The first kappa shape index (κ1) is 14.4. The van der Waals surface area contributed by atoms with E-state index >= 15 is 0 Å². The highest BCUT2D eigenvalue weighted by molar-refractivity contribution is 7.80. The molecule has 0 aliphatic rings. The van der Waals surface area contributed by atoms with Crippen LogP contribution in [0.2, 0.25) is 0 Å². The minimum absolute atomic E-state index is 0.274. The molecule has 0 radical (unpaired) electrons. The van der Waals surface area contributed by atoms with Gasteiger partial charge in [-0.2, -0.15) is 12.6 Å². The molecule has 0 amide bonds. The summed E-state index contributed by atoms with van der Waals surface area (Å²) >= 11 is 4.60. The van der Waals surface area contributed by atoms with Crippen LogP contribution in [0, 0.1) is 5.41 Å². The molecule has 1 aromatic heterocycles. The predicted molar refractivity (Wildman–Crippen MR) is 86.0 cm³/mol. The third-order valence-electron chi connectivity index (χ3n) is 4.38. The van der Waals surface area contributed by atoms with Gasteiger partial charge in [-0.05, 0) is 36.1 Å². The summed E-state index contributed by atoms with van der Waals surface area (Å²) < 4.78 is 2.40. The van der Waals surface area contributed by atoms with E-state index in [1.54, 1.807) is 0 Å². The normalized spacial score (nSPS) is 12.2. The molecule has 0 bridgehead atoms. The minimum Gasteiger partial charge on any atom is -0.327 e. The Hall–Kier alpha value is -0.960. The van der Waals surface area contributed by atoms with Gasteiger partial charge in [0.1, 0.15) is 5.82 Å². The number of fused-ring (bicyclic) bond motifs is 1. The fourth-order valence-corrected chi connectivity index (χ4v) is 3.20. The van der Waals surface area contributed by atoms with Gasteiger partial charge >= 0.3 is 0 Å². The molecule has 2 nitrogen and oxygen atoms in total. The lowest BCUT2D eigenvalue weighted by molar-refractivity contribution is 0.258. The first-order valence-electron chi connectivity index (χ1n) is 7.24. The lowest BCUT2D eigenvalue weighted by Gasteiger charge is -2.31. The van der Waals surface area contributed by atoms with Crippen LogP contribution in [0.1, 0.15) is 39.4 Å². The maximum Gasteiger partial charge on any atom is 0.109 e. The second-order valence-corrected chi connectivity index (χ2v) is 5.64. The summed E-state index contributed by atoms with van der Waals surface area (Å²) in [6.45, 7) is 7.74. The smallest absolute Gasteiger partial charge is 0.109 e. The van der Waals surface area contributed by atoms with Crippen LogP contribution >= 0.6 is 12.6 Å². The lowest BCUT2D eigenvalue weighted by atomic mass is 9.84. The fraction of sp³-hybridized carbons (Fsp3) is 0.562. The molecular formula is C16H24N2S. The first-order chi connectivity index (χ1) is 9.19. The van der Waals surface area contributed by atoms with Gasteiger partial charge in [-0.3, -0.25) is 0 Å². The van der Waals surface area contributed by atoms with Crippen LogP contribution in [0.25, 0.3) is 11.0 Å². The highest BCUT2D eigenvalue weighted by Gasteiger charge is 2.26. The third-order valence-corrected chi connectivity index (χ3v) is 5.05. The van der Waals surface area contributed by atoms with Crippen LogP contribution in [-0.2, 0) is 13.0 Å². The highest BCUT2D eigenvalue weighted by atomic mass is 32.1. The summed E-state index contributed by atoms with van der Waals surface area (Å²) in [4.78, 5) is 4.76. The molecule has 0 aliphatic carbocycles. The van der Waals surface area contributed by atoms with Gasteiger partial charge in [-0.25, -0.2) is 4.98 Å². The van der Waals surface area contributed by atoms with Gasteiger partial charge in [0.05, 0.1) is 11.0 Å². The zero-order valence-electron chi connectivity index (χ0n) is 12.2. The summed E-state index contributed by atoms with van der Waals surface area (Å²) in [5.74, 6) is 2.12. The molecule has 0 aliphatic heterocycles. The molecule has 0 N–H and O–H groups in total. The minimum atomic E-state index is 0.274. The SMILES string of the molecule is CCc1nc2ccccc2n1CC(CC)(CC)CS. The van der Waals surface area contributed by atoms with Crippen molar-refractivity contribution in [1.29, 1.82) is 0 Å². The number of benzene rings is 1. The van der Waals surface area contributed by atoms with Crippen molar-refractivity contribution < 1.29 is 0 Å². The van der Waals surface area contributed by atoms with Gasteiger partial charge < -0.3 is 4.57 Å². The molecule has 104 valence electrons. The molecule has 1 heterocycles. The van der Waals surface area contributed by atoms with E-state index in [-0.39, 0.29) is 5.41 Å². The van der Waals surface area contributed by atoms with Crippen molar-refractivity contribution >= 4 is 23.7 Å². The van der Waals surface area contributed by atoms with E-state index in [2.05, 4.69) is 62.2 Å². The summed E-state index contributed by atoms with van der Waals surface area (Å²) in [5, 5.41) is 0. The van der Waals surface area contributed by atoms with Crippen LogP contribution in [0.15, 0.2) is 24.3 Å². The van der Waals surface area contributed by atoms with Crippen LogP contribution in [0.5, 0.6) is 0 Å². The fourth-order valence-electron chi connectivity index (χ4n) is 2.65. The monoisotopic (exact) mass is 276 g/mol. The zero-order valence-corrected chi connectivity index (χ0v) is 13.1. The van der Waals surface area contributed by atoms with Gasteiger partial charge in [0.2, 0.25) is 0 Å². The number of hydrogen-bond acceptors (Lipinski definition) is 2. The highest BCUT2D eigenvalue weighted by Crippen LogP contribution is 2.32.